The fraction of sp³-hybridized carbons (Fsp3) is 0.200. The zero-order valence-corrected chi connectivity index (χ0v) is 16.6. The van der Waals surface area contributed by atoms with Crippen molar-refractivity contribution in [3.05, 3.63) is 57.4 Å². The van der Waals surface area contributed by atoms with Gasteiger partial charge >= 0.3 is 0 Å². The second kappa shape index (κ2) is 7.77. The SMILES string of the molecule is CCCn1c(-c2ccc3c(c2)NC(=O)CO3)csc1=Nc1ccc(Cl)c(F)c1. The van der Waals surface area contributed by atoms with Gasteiger partial charge in [0.2, 0.25) is 0 Å². The Labute approximate surface area is 170 Å². The Hall–Kier alpha value is -2.64. The van der Waals surface area contributed by atoms with Crippen molar-refractivity contribution in [2.45, 2.75) is 19.9 Å². The molecule has 0 atom stereocenters. The third-order valence-corrected chi connectivity index (χ3v) is 5.45. The van der Waals surface area contributed by atoms with Crippen molar-refractivity contribution >= 4 is 40.2 Å². The minimum absolute atomic E-state index is 0.0291. The van der Waals surface area contributed by atoms with Gasteiger partial charge in [-0.05, 0) is 36.8 Å². The first kappa shape index (κ1) is 18.7. The molecule has 0 saturated heterocycles. The largest absolute Gasteiger partial charge is 0.482 e. The zero-order valence-electron chi connectivity index (χ0n) is 15.0. The van der Waals surface area contributed by atoms with Gasteiger partial charge in [-0.25, -0.2) is 9.38 Å². The molecule has 2 aromatic carbocycles. The molecule has 1 amide bonds. The summed E-state index contributed by atoms with van der Waals surface area (Å²) < 4.78 is 21.3. The van der Waals surface area contributed by atoms with E-state index in [-0.39, 0.29) is 17.5 Å². The van der Waals surface area contributed by atoms with Crippen molar-refractivity contribution in [2.24, 2.45) is 4.99 Å². The zero-order chi connectivity index (χ0) is 19.7. The van der Waals surface area contributed by atoms with Crippen LogP contribution < -0.4 is 14.9 Å². The van der Waals surface area contributed by atoms with Crippen LogP contribution in [0.4, 0.5) is 15.8 Å². The number of ether oxygens (including phenoxy) is 1. The lowest BCUT2D eigenvalue weighted by Gasteiger charge is -2.18. The minimum atomic E-state index is -0.493. The standard InChI is InChI=1S/C20H17ClFN3O2S/c1-2-7-25-17(12-3-6-18-16(8-12)24-19(26)10-27-18)11-28-20(25)23-13-4-5-14(21)15(22)9-13/h3-6,8-9,11H,2,7,10H2,1H3,(H,24,26). The number of rotatable bonds is 4. The number of thiazole rings is 1. The van der Waals surface area contributed by atoms with Crippen LogP contribution in [-0.2, 0) is 11.3 Å². The van der Waals surface area contributed by atoms with E-state index in [1.807, 2.05) is 23.6 Å². The number of nitrogens with zero attached hydrogens (tertiary/aromatic N) is 2. The van der Waals surface area contributed by atoms with Crippen LogP contribution in [0.2, 0.25) is 5.02 Å². The number of carbonyl (C=O) groups is 1. The lowest BCUT2D eigenvalue weighted by molar-refractivity contribution is -0.118. The molecule has 0 saturated carbocycles. The summed E-state index contributed by atoms with van der Waals surface area (Å²) in [5.74, 6) is -0.00815. The van der Waals surface area contributed by atoms with Gasteiger partial charge in [-0.2, -0.15) is 0 Å². The van der Waals surface area contributed by atoms with E-state index >= 15 is 0 Å². The van der Waals surface area contributed by atoms with Crippen LogP contribution >= 0.6 is 22.9 Å². The fourth-order valence-electron chi connectivity index (χ4n) is 3.00. The molecule has 0 spiro atoms. The Balaban J connectivity index is 1.79. The number of fused-ring (bicyclic) bond motifs is 1. The van der Waals surface area contributed by atoms with Crippen LogP contribution in [0.3, 0.4) is 0 Å². The van der Waals surface area contributed by atoms with Crippen molar-refractivity contribution in [2.75, 3.05) is 11.9 Å². The van der Waals surface area contributed by atoms with Crippen molar-refractivity contribution in [1.29, 1.82) is 0 Å². The smallest absolute Gasteiger partial charge is 0.262 e. The topological polar surface area (TPSA) is 55.6 Å². The van der Waals surface area contributed by atoms with Crippen LogP contribution in [0.15, 0.2) is 46.8 Å². The first-order valence-electron chi connectivity index (χ1n) is 8.80. The van der Waals surface area contributed by atoms with Gasteiger partial charge in [0, 0.05) is 23.6 Å². The number of anilines is 1. The van der Waals surface area contributed by atoms with E-state index in [4.69, 9.17) is 16.3 Å². The second-order valence-corrected chi connectivity index (χ2v) is 7.56. The average molecular weight is 418 g/mol. The van der Waals surface area contributed by atoms with Gasteiger partial charge in [0.15, 0.2) is 11.4 Å². The van der Waals surface area contributed by atoms with Gasteiger partial charge in [-0.15, -0.1) is 11.3 Å². The molecule has 1 aliphatic heterocycles. The molecule has 4 rings (SSSR count). The van der Waals surface area contributed by atoms with Gasteiger partial charge in [0.1, 0.15) is 11.6 Å². The molecule has 0 aliphatic carbocycles. The Morgan fingerprint density at radius 3 is 2.96 bits per heavy atom. The molecule has 0 radical (unpaired) electrons. The molecule has 0 fully saturated rings. The van der Waals surface area contributed by atoms with Crippen LogP contribution in [0.1, 0.15) is 13.3 Å². The normalized spacial score (nSPS) is 13.8. The molecule has 28 heavy (non-hydrogen) atoms. The fourth-order valence-corrected chi connectivity index (χ4v) is 4.07. The molecule has 144 valence electrons. The van der Waals surface area contributed by atoms with Crippen LogP contribution in [0.5, 0.6) is 5.75 Å². The van der Waals surface area contributed by atoms with Crippen molar-refractivity contribution in [3.63, 3.8) is 0 Å². The highest BCUT2D eigenvalue weighted by atomic mass is 35.5. The molecule has 0 unspecified atom stereocenters. The summed E-state index contributed by atoms with van der Waals surface area (Å²) in [6.07, 6.45) is 0.913. The Bertz CT molecular complexity index is 1120. The van der Waals surface area contributed by atoms with E-state index < -0.39 is 5.82 Å². The minimum Gasteiger partial charge on any atom is -0.482 e. The molecule has 5 nitrogen and oxygen atoms in total. The first-order valence-corrected chi connectivity index (χ1v) is 10.1. The molecule has 1 N–H and O–H groups in total. The van der Waals surface area contributed by atoms with Crippen molar-refractivity contribution < 1.29 is 13.9 Å². The van der Waals surface area contributed by atoms with Gasteiger partial charge < -0.3 is 14.6 Å². The highest BCUT2D eigenvalue weighted by molar-refractivity contribution is 7.07. The number of hydrogen-bond donors (Lipinski definition) is 1. The van der Waals surface area contributed by atoms with E-state index in [0.29, 0.717) is 17.1 Å². The van der Waals surface area contributed by atoms with Crippen LogP contribution in [0, 0.1) is 5.82 Å². The maximum absolute atomic E-state index is 13.8. The van der Waals surface area contributed by atoms with E-state index in [9.17, 15) is 9.18 Å². The molecule has 3 aromatic rings. The summed E-state index contributed by atoms with van der Waals surface area (Å²) in [5, 5.41) is 4.91. The number of carbonyl (C=O) groups excluding carboxylic acids is 1. The van der Waals surface area contributed by atoms with Gasteiger partial charge in [-0.3, -0.25) is 4.79 Å². The summed E-state index contributed by atoms with van der Waals surface area (Å²) in [5.41, 5.74) is 3.08. The molecule has 1 aliphatic rings. The lowest BCUT2D eigenvalue weighted by Crippen LogP contribution is -2.25. The summed E-state index contributed by atoms with van der Waals surface area (Å²) in [7, 11) is 0. The average Bonchev–Trinajstić information content (AvgIpc) is 3.07. The summed E-state index contributed by atoms with van der Waals surface area (Å²) in [6, 6.07) is 10.2. The molecule has 0 bridgehead atoms. The van der Waals surface area contributed by atoms with Crippen LogP contribution in [0.25, 0.3) is 11.3 Å². The predicted octanol–water partition coefficient (Wildman–Crippen LogP) is 4.98. The molecular formula is C20H17ClFN3O2S. The van der Waals surface area contributed by atoms with E-state index in [2.05, 4.69) is 21.8 Å². The van der Waals surface area contributed by atoms with Crippen molar-refractivity contribution in [1.82, 2.24) is 4.57 Å². The summed E-state index contributed by atoms with van der Waals surface area (Å²) in [4.78, 5) is 17.0. The summed E-state index contributed by atoms with van der Waals surface area (Å²) >= 11 is 7.23. The first-order chi connectivity index (χ1) is 13.5. The Morgan fingerprint density at radius 2 is 2.18 bits per heavy atom. The number of amides is 1. The third kappa shape index (κ3) is 3.68. The van der Waals surface area contributed by atoms with E-state index in [1.165, 1.54) is 23.5 Å². The van der Waals surface area contributed by atoms with Gasteiger partial charge in [0.05, 0.1) is 22.1 Å². The molecule has 8 heteroatoms. The number of benzene rings is 2. The van der Waals surface area contributed by atoms with Crippen LogP contribution in [-0.4, -0.2) is 17.1 Å². The second-order valence-electron chi connectivity index (χ2n) is 6.31. The maximum atomic E-state index is 13.8. The Morgan fingerprint density at radius 1 is 1.32 bits per heavy atom. The lowest BCUT2D eigenvalue weighted by atomic mass is 10.1. The highest BCUT2D eigenvalue weighted by Gasteiger charge is 2.17. The molecular weight excluding hydrogens is 401 g/mol. The van der Waals surface area contributed by atoms with E-state index in [1.54, 1.807) is 6.07 Å². The monoisotopic (exact) mass is 417 g/mol. The third-order valence-electron chi connectivity index (χ3n) is 4.28. The number of halogens is 2. The van der Waals surface area contributed by atoms with E-state index in [0.717, 1.165) is 29.0 Å². The number of hydrogen-bond acceptors (Lipinski definition) is 4. The quantitative estimate of drug-likeness (QED) is 0.650. The summed E-state index contributed by atoms with van der Waals surface area (Å²) in [6.45, 7) is 2.87. The Kier molecular flexibility index (Phi) is 5.19. The predicted molar refractivity (Wildman–Crippen MR) is 109 cm³/mol. The van der Waals surface area contributed by atoms with Gasteiger partial charge in [0.25, 0.3) is 5.91 Å². The number of nitrogens with one attached hydrogen (secondary N) is 1. The number of aromatic nitrogens is 1. The van der Waals surface area contributed by atoms with Crippen molar-refractivity contribution in [3.8, 4) is 17.0 Å². The molecule has 2 heterocycles. The van der Waals surface area contributed by atoms with Gasteiger partial charge in [-0.1, -0.05) is 18.5 Å². The maximum Gasteiger partial charge on any atom is 0.262 e. The highest BCUT2D eigenvalue weighted by Crippen LogP contribution is 2.33. The molecule has 1 aromatic heterocycles.